The molecule has 1 amide bonds. The van der Waals surface area contributed by atoms with E-state index in [9.17, 15) is 13.2 Å². The molecule has 0 radical (unpaired) electrons. The molecule has 0 aliphatic heterocycles. The highest BCUT2D eigenvalue weighted by atomic mass is 32.2. The van der Waals surface area contributed by atoms with Crippen LogP contribution in [0.15, 0.2) is 12.3 Å². The van der Waals surface area contributed by atoms with Crippen molar-refractivity contribution < 1.29 is 27.9 Å². The van der Waals surface area contributed by atoms with Crippen molar-refractivity contribution in [2.75, 3.05) is 88.7 Å². The number of carboxylic acids is 1. The maximum absolute atomic E-state index is 9.93. The van der Waals surface area contributed by atoms with Gasteiger partial charge in [0.2, 0.25) is 5.91 Å². The predicted octanol–water partition coefficient (Wildman–Crippen LogP) is 2.00. The van der Waals surface area contributed by atoms with Crippen LogP contribution in [0, 0.1) is 0 Å². The molecule has 0 rings (SSSR count). The van der Waals surface area contributed by atoms with Crippen molar-refractivity contribution >= 4 is 21.7 Å². The molecule has 5 N–H and O–H groups in total. The average Bonchev–Trinajstić information content (AvgIpc) is 2.62. The number of methoxy groups -OCH3 is 1. The molecule has 0 aliphatic rings. The van der Waals surface area contributed by atoms with Crippen molar-refractivity contribution in [3.63, 3.8) is 0 Å². The third kappa shape index (κ3) is 597. The minimum Gasteiger partial charge on any atom is -0.481 e. The lowest BCUT2D eigenvalue weighted by Crippen LogP contribution is -2.24. The van der Waals surface area contributed by atoms with E-state index in [4.69, 9.17) is 9.90 Å². The molecule has 0 aromatic heterocycles. The maximum Gasteiger partial charge on any atom is 0.300 e. The van der Waals surface area contributed by atoms with Crippen LogP contribution in [0.3, 0.4) is 0 Å². The Bertz CT molecular complexity index is 498. The number of carbonyl (C=O) groups excluding carboxylic acids is 1. The minimum absolute atomic E-state index is 0.0394. The van der Waals surface area contributed by atoms with E-state index in [0.717, 1.165) is 44.8 Å². The third-order valence-electron chi connectivity index (χ3n) is 1.41. The summed E-state index contributed by atoms with van der Waals surface area (Å²) in [5.41, 5.74) is 5.54. The molecule has 0 saturated carbocycles. The average molecular weight is 550 g/mol. The molecule has 0 fully saturated rings. The number of nitrogens with one attached hydrogen (secondary N) is 2. The number of hydrogen-bond acceptors (Lipinski definition) is 9. The second-order valence-corrected chi connectivity index (χ2v) is 10.0. The van der Waals surface area contributed by atoms with Crippen LogP contribution in [0.2, 0.25) is 0 Å². The molecule has 0 aromatic rings. The van der Waals surface area contributed by atoms with E-state index < -0.39 is 15.8 Å². The number of sulfone groups is 1. The fourth-order valence-corrected chi connectivity index (χ4v) is 0.742. The number of hydrogen-bond donors (Lipinski definition) is 4. The normalized spacial score (nSPS) is 8.19. The molecule has 11 nitrogen and oxygen atoms in total. The quantitative estimate of drug-likeness (QED) is 0.400. The number of allylic oxidation sites excluding steroid dienone is 1. The van der Waals surface area contributed by atoms with Gasteiger partial charge in [0.15, 0.2) is 0 Å². The number of aliphatic carboxylic acids is 1. The van der Waals surface area contributed by atoms with Crippen LogP contribution in [-0.4, -0.2) is 124 Å². The monoisotopic (exact) mass is 549 g/mol. The Morgan fingerprint density at radius 2 is 1.14 bits per heavy atom. The van der Waals surface area contributed by atoms with Crippen LogP contribution in [0.4, 0.5) is 0 Å². The Balaban J connectivity index is -0.0000000434. The van der Waals surface area contributed by atoms with Gasteiger partial charge in [-0.1, -0.05) is 26.8 Å². The van der Waals surface area contributed by atoms with Crippen LogP contribution in [0.25, 0.3) is 0 Å². The van der Waals surface area contributed by atoms with E-state index >= 15 is 0 Å². The molecule has 0 aliphatic carbocycles. The first kappa shape index (κ1) is 55.0. The van der Waals surface area contributed by atoms with Crippen molar-refractivity contribution in [3.8, 4) is 0 Å². The van der Waals surface area contributed by atoms with Gasteiger partial charge >= 0.3 is 0 Å². The van der Waals surface area contributed by atoms with E-state index in [1.54, 1.807) is 14.2 Å². The largest absolute Gasteiger partial charge is 0.481 e. The zero-order valence-corrected chi connectivity index (χ0v) is 27.2. The van der Waals surface area contributed by atoms with Gasteiger partial charge in [0.25, 0.3) is 5.97 Å². The highest BCUT2D eigenvalue weighted by molar-refractivity contribution is 7.89. The first-order chi connectivity index (χ1) is 16.2. The van der Waals surface area contributed by atoms with Gasteiger partial charge in [-0.2, -0.15) is 0 Å². The second-order valence-electron chi connectivity index (χ2n) is 7.72. The molecule has 0 spiro atoms. The lowest BCUT2D eigenvalue weighted by Gasteiger charge is -2.10. The Morgan fingerprint density at radius 1 is 0.917 bits per heavy atom. The number of rotatable bonds is 5. The van der Waals surface area contributed by atoms with Crippen LogP contribution in [0.1, 0.15) is 48.0 Å². The lowest BCUT2D eigenvalue weighted by molar-refractivity contribution is -0.134. The molecule has 0 aromatic carbocycles. The smallest absolute Gasteiger partial charge is 0.300 e. The summed E-state index contributed by atoms with van der Waals surface area (Å²) in [6.07, 6.45) is 3.57. The summed E-state index contributed by atoms with van der Waals surface area (Å²) in [7, 11) is 12.2. The molecule has 0 bridgehead atoms. The maximum atomic E-state index is 9.93. The fraction of sp³-hybridized carbons (Fsp3) is 0.833. The SMILES string of the molecule is C=C(C)NCCN(C)C.CC(=O)O.CCC.CCNC(C)=O.CN.CN(C)C.COC.CS(C)(=O)=O. The molecule has 226 valence electrons. The lowest BCUT2D eigenvalue weighted by atomic mass is 10.5. The zero-order chi connectivity index (χ0) is 31.3. The van der Waals surface area contributed by atoms with Crippen LogP contribution in [-0.2, 0) is 24.2 Å². The fourth-order valence-electron chi connectivity index (χ4n) is 0.742. The Kier molecular flexibility index (Phi) is 76.7. The minimum atomic E-state index is -2.67. The molecular formula is C24H63N5O6S. The summed E-state index contributed by atoms with van der Waals surface area (Å²) >= 11 is 0. The number of carboxylic acid groups (broad SMARTS) is 1. The zero-order valence-electron chi connectivity index (χ0n) is 26.4. The number of nitrogens with two attached hydrogens (primary N) is 1. The second kappa shape index (κ2) is 50.2. The van der Waals surface area contributed by atoms with Gasteiger partial charge in [0.05, 0.1) is 0 Å². The van der Waals surface area contributed by atoms with Crippen molar-refractivity contribution in [2.24, 2.45) is 5.73 Å². The van der Waals surface area contributed by atoms with Crippen molar-refractivity contribution in [3.05, 3.63) is 12.3 Å². The van der Waals surface area contributed by atoms with Crippen molar-refractivity contribution in [1.29, 1.82) is 0 Å². The molecule has 36 heavy (non-hydrogen) atoms. The Morgan fingerprint density at radius 3 is 1.22 bits per heavy atom. The van der Waals surface area contributed by atoms with Gasteiger partial charge in [-0.15, -0.1) is 0 Å². The van der Waals surface area contributed by atoms with Gasteiger partial charge in [0, 0.05) is 65.9 Å². The molecule has 0 heterocycles. The summed E-state index contributed by atoms with van der Waals surface area (Å²) in [6.45, 7) is 17.2. The number of ether oxygens (including phenoxy) is 1. The van der Waals surface area contributed by atoms with E-state index in [0.29, 0.717) is 0 Å². The standard InChI is InChI=1S/C7H16N2.C4H9NO.C3H9N.C3H8.C2H6O2S.C2H4O2.C2H6O.CH5N/c1-7(2)8-5-6-9(3)4;1-3-5-4(2)6;1-4(2)3;1-3-2;1-5(2,3)4;1-2(3)4;1-3-2;1-2/h8H,1,5-6H2,2-4H3;3H2,1-2H3,(H,5,6);1-3H3;3H2,1-2H3;1-2H3;1H3,(H,3,4);1-2H3;2H2,1H3. The first-order valence-corrected chi connectivity index (χ1v) is 13.7. The molecule has 0 saturated heterocycles. The highest BCUT2D eigenvalue weighted by Gasteiger charge is 1.87. The van der Waals surface area contributed by atoms with E-state index in [1.165, 1.54) is 20.4 Å². The van der Waals surface area contributed by atoms with E-state index in [-0.39, 0.29) is 5.91 Å². The van der Waals surface area contributed by atoms with E-state index in [2.05, 4.69) is 60.5 Å². The third-order valence-corrected chi connectivity index (χ3v) is 1.41. The van der Waals surface area contributed by atoms with Gasteiger partial charge in [-0.05, 0) is 56.1 Å². The molecular weight excluding hydrogens is 486 g/mol. The topological polar surface area (TPSA) is 154 Å². The number of amides is 1. The van der Waals surface area contributed by atoms with Gasteiger partial charge in [-0.25, -0.2) is 8.42 Å². The van der Waals surface area contributed by atoms with Gasteiger partial charge < -0.3 is 36.0 Å². The number of likely N-dealkylation sites (N-methyl/N-ethyl adjacent to an activating group) is 1. The summed E-state index contributed by atoms with van der Waals surface area (Å²) in [5.74, 6) is -0.794. The molecule has 0 unspecified atom stereocenters. The van der Waals surface area contributed by atoms with Crippen LogP contribution in [0.5, 0.6) is 0 Å². The van der Waals surface area contributed by atoms with E-state index in [1.807, 2.05) is 39.9 Å². The highest BCUT2D eigenvalue weighted by Crippen LogP contribution is 1.77. The van der Waals surface area contributed by atoms with Crippen molar-refractivity contribution in [2.45, 2.75) is 48.0 Å². The van der Waals surface area contributed by atoms with Crippen molar-refractivity contribution in [1.82, 2.24) is 20.4 Å². The molecule has 0 atom stereocenters. The van der Waals surface area contributed by atoms with Crippen LogP contribution < -0.4 is 16.4 Å². The summed E-state index contributed by atoms with van der Waals surface area (Å²) < 4.78 is 23.5. The summed E-state index contributed by atoms with van der Waals surface area (Å²) in [4.78, 5) is 23.1. The summed E-state index contributed by atoms with van der Waals surface area (Å²) in [5, 5.41) is 13.1. The summed E-state index contributed by atoms with van der Waals surface area (Å²) in [6, 6.07) is 0. The van der Waals surface area contributed by atoms with Gasteiger partial charge in [0.1, 0.15) is 9.84 Å². The number of carbonyl (C=O) groups is 2. The van der Waals surface area contributed by atoms with Gasteiger partial charge in [-0.3, -0.25) is 9.59 Å². The Labute approximate surface area is 224 Å². The predicted molar refractivity (Wildman–Crippen MR) is 158 cm³/mol. The molecule has 12 heteroatoms. The van der Waals surface area contributed by atoms with Crippen LogP contribution >= 0.6 is 0 Å². The first-order valence-electron chi connectivity index (χ1n) is 11.4. The number of nitrogens with zero attached hydrogens (tertiary/aromatic N) is 2. The Hall–Kier alpha value is -1.73.